The number of nitrogens with one attached hydrogen (secondary N) is 2. The largest absolute Gasteiger partial charge is 0.366 e. The lowest BCUT2D eigenvalue weighted by molar-refractivity contribution is 0.100. The normalized spacial score (nSPS) is 17.0. The maximum Gasteiger partial charge on any atom is 0.248 e. The van der Waals surface area contributed by atoms with Crippen molar-refractivity contribution in [3.05, 3.63) is 29.3 Å². The monoisotopic (exact) mass is 468 g/mol. The van der Waals surface area contributed by atoms with Gasteiger partial charge in [-0.1, -0.05) is 26.8 Å². The standard InChI is InChI=1S/C25H40N8O/c1-16-9-10-17(20(26)34)13-19(16)28-22-29-21(27-18-11-12-33(14-18)25(5,6)7)30-23(31-22)32(8)15-24(2,3)4/h9-10,13,18H,11-12,14-15H2,1-8H3,(H2,26,34)(H2,27,28,29,30,31)/t18-/m0/s1. The van der Waals surface area contributed by atoms with Crippen molar-refractivity contribution >= 4 is 29.4 Å². The Morgan fingerprint density at radius 1 is 1.15 bits per heavy atom. The highest BCUT2D eigenvalue weighted by Gasteiger charge is 2.30. The predicted molar refractivity (Wildman–Crippen MR) is 139 cm³/mol. The van der Waals surface area contributed by atoms with Crippen LogP contribution < -0.4 is 21.3 Å². The topological polar surface area (TPSA) is 112 Å². The van der Waals surface area contributed by atoms with Crippen LogP contribution in [0.25, 0.3) is 0 Å². The number of benzene rings is 1. The van der Waals surface area contributed by atoms with E-state index in [2.05, 4.69) is 67.0 Å². The smallest absolute Gasteiger partial charge is 0.248 e. The van der Waals surface area contributed by atoms with Crippen LogP contribution in [0.5, 0.6) is 0 Å². The second-order valence-electron chi connectivity index (χ2n) is 11.5. The van der Waals surface area contributed by atoms with Crippen molar-refractivity contribution in [1.29, 1.82) is 0 Å². The molecule has 9 heteroatoms. The lowest BCUT2D eigenvalue weighted by atomic mass is 9.96. The van der Waals surface area contributed by atoms with Crippen molar-refractivity contribution < 1.29 is 4.79 Å². The molecule has 1 aromatic carbocycles. The van der Waals surface area contributed by atoms with Crippen LogP contribution in [-0.2, 0) is 0 Å². The third-order valence-corrected chi connectivity index (χ3v) is 5.92. The van der Waals surface area contributed by atoms with Gasteiger partial charge in [-0.3, -0.25) is 9.69 Å². The number of primary amides is 1. The summed E-state index contributed by atoms with van der Waals surface area (Å²) in [6, 6.07) is 5.56. The molecule has 1 fully saturated rings. The number of nitrogens with two attached hydrogens (primary N) is 1. The number of hydrogen-bond donors (Lipinski definition) is 3. The third-order valence-electron chi connectivity index (χ3n) is 5.92. The minimum Gasteiger partial charge on any atom is -0.366 e. The molecule has 186 valence electrons. The molecule has 1 amide bonds. The molecule has 1 saturated heterocycles. The van der Waals surface area contributed by atoms with Crippen molar-refractivity contribution in [2.45, 2.75) is 66.5 Å². The van der Waals surface area contributed by atoms with Gasteiger partial charge in [-0.15, -0.1) is 0 Å². The second-order valence-corrected chi connectivity index (χ2v) is 11.5. The van der Waals surface area contributed by atoms with E-state index in [9.17, 15) is 4.79 Å². The number of aryl methyl sites for hydroxylation is 1. The van der Waals surface area contributed by atoms with E-state index < -0.39 is 5.91 Å². The zero-order chi connectivity index (χ0) is 25.3. The van der Waals surface area contributed by atoms with Crippen molar-refractivity contribution in [1.82, 2.24) is 19.9 Å². The van der Waals surface area contributed by atoms with E-state index >= 15 is 0 Å². The predicted octanol–water partition coefficient (Wildman–Crippen LogP) is 3.79. The number of hydrogen-bond acceptors (Lipinski definition) is 8. The molecule has 0 spiro atoms. The summed E-state index contributed by atoms with van der Waals surface area (Å²) in [4.78, 5) is 30.3. The molecule has 0 unspecified atom stereocenters. The van der Waals surface area contributed by atoms with Crippen LogP contribution in [0.2, 0.25) is 0 Å². The summed E-state index contributed by atoms with van der Waals surface area (Å²) in [5.74, 6) is 1.07. The summed E-state index contributed by atoms with van der Waals surface area (Å²) in [6.07, 6.45) is 1.03. The number of anilines is 4. The Morgan fingerprint density at radius 3 is 2.41 bits per heavy atom. The maximum absolute atomic E-state index is 11.7. The quantitative estimate of drug-likeness (QED) is 0.563. The van der Waals surface area contributed by atoms with Gasteiger partial charge in [0, 0.05) is 49.5 Å². The van der Waals surface area contributed by atoms with E-state index in [1.807, 2.05) is 24.9 Å². The van der Waals surface area contributed by atoms with Crippen molar-refractivity contribution in [2.75, 3.05) is 42.2 Å². The Hall–Kier alpha value is -2.94. The summed E-state index contributed by atoms with van der Waals surface area (Å²) < 4.78 is 0. The Morgan fingerprint density at radius 2 is 1.82 bits per heavy atom. The lowest BCUT2D eigenvalue weighted by Gasteiger charge is -2.31. The van der Waals surface area contributed by atoms with E-state index in [0.717, 1.165) is 37.3 Å². The average molecular weight is 469 g/mol. The second kappa shape index (κ2) is 9.74. The number of nitrogens with zero attached hydrogens (tertiary/aromatic N) is 5. The molecule has 0 bridgehead atoms. The number of carbonyl (C=O) groups excluding carboxylic acids is 1. The first-order valence-electron chi connectivity index (χ1n) is 11.9. The van der Waals surface area contributed by atoms with Crippen LogP contribution in [-0.4, -0.2) is 64.0 Å². The van der Waals surface area contributed by atoms with Crippen LogP contribution in [0.1, 0.15) is 63.9 Å². The Kier molecular flexibility index (Phi) is 7.35. The lowest BCUT2D eigenvalue weighted by Crippen LogP contribution is -2.40. The van der Waals surface area contributed by atoms with E-state index in [1.165, 1.54) is 0 Å². The van der Waals surface area contributed by atoms with E-state index in [0.29, 0.717) is 23.4 Å². The summed E-state index contributed by atoms with van der Waals surface area (Å²) in [5.41, 5.74) is 7.81. The van der Waals surface area contributed by atoms with Crippen LogP contribution in [0.3, 0.4) is 0 Å². The van der Waals surface area contributed by atoms with Crippen molar-refractivity contribution in [2.24, 2.45) is 11.1 Å². The molecule has 4 N–H and O–H groups in total. The number of aromatic nitrogens is 3. The Bertz CT molecular complexity index is 1020. The van der Waals surface area contributed by atoms with Crippen molar-refractivity contribution in [3.8, 4) is 0 Å². The number of amides is 1. The molecule has 0 aliphatic carbocycles. The SMILES string of the molecule is Cc1ccc(C(N)=O)cc1Nc1nc(N[C@H]2CCN(C(C)(C)C)C2)nc(N(C)CC(C)(C)C)n1. The van der Waals surface area contributed by atoms with Gasteiger partial charge in [0.25, 0.3) is 0 Å². The highest BCUT2D eigenvalue weighted by molar-refractivity contribution is 5.94. The summed E-state index contributed by atoms with van der Waals surface area (Å²) in [6.45, 7) is 18.0. The Labute approximate surface area is 203 Å². The van der Waals surface area contributed by atoms with Crippen LogP contribution in [0, 0.1) is 12.3 Å². The molecule has 1 aliphatic heterocycles. The molecule has 0 saturated carbocycles. The zero-order valence-electron chi connectivity index (χ0n) is 21.9. The van der Waals surface area contributed by atoms with Crippen LogP contribution in [0.4, 0.5) is 23.5 Å². The first-order valence-corrected chi connectivity index (χ1v) is 11.9. The third kappa shape index (κ3) is 6.79. The molecule has 2 aromatic rings. The fraction of sp³-hybridized carbons (Fsp3) is 0.600. The van der Waals surface area contributed by atoms with Crippen LogP contribution >= 0.6 is 0 Å². The first kappa shape index (κ1) is 25.7. The first-order chi connectivity index (χ1) is 15.7. The average Bonchev–Trinajstić information content (AvgIpc) is 3.17. The summed E-state index contributed by atoms with van der Waals surface area (Å²) >= 11 is 0. The van der Waals surface area contributed by atoms with Gasteiger partial charge < -0.3 is 21.3 Å². The highest BCUT2D eigenvalue weighted by Crippen LogP contribution is 2.26. The van der Waals surface area contributed by atoms with Gasteiger partial charge in [0.1, 0.15) is 0 Å². The van der Waals surface area contributed by atoms with Crippen LogP contribution in [0.15, 0.2) is 18.2 Å². The van der Waals surface area contributed by atoms with Gasteiger partial charge in [0.05, 0.1) is 0 Å². The fourth-order valence-electron chi connectivity index (χ4n) is 4.14. The van der Waals surface area contributed by atoms with Gasteiger partial charge in [-0.2, -0.15) is 15.0 Å². The molecular formula is C25H40N8O. The highest BCUT2D eigenvalue weighted by atomic mass is 16.1. The number of likely N-dealkylation sites (tertiary alicyclic amines) is 1. The summed E-state index contributed by atoms with van der Waals surface area (Å²) in [7, 11) is 1.99. The number of rotatable bonds is 7. The van der Waals surface area contributed by atoms with Gasteiger partial charge in [0.15, 0.2) is 0 Å². The minimum atomic E-state index is -0.476. The molecule has 1 aliphatic rings. The molecule has 9 nitrogen and oxygen atoms in total. The molecule has 2 heterocycles. The fourth-order valence-corrected chi connectivity index (χ4v) is 4.14. The molecule has 1 aromatic heterocycles. The van der Waals surface area contributed by atoms with E-state index in [-0.39, 0.29) is 17.0 Å². The van der Waals surface area contributed by atoms with E-state index in [1.54, 1.807) is 12.1 Å². The molecular weight excluding hydrogens is 428 g/mol. The molecule has 3 rings (SSSR count). The number of carbonyl (C=O) groups is 1. The minimum absolute atomic E-state index is 0.0770. The van der Waals surface area contributed by atoms with Crippen molar-refractivity contribution in [3.63, 3.8) is 0 Å². The summed E-state index contributed by atoms with van der Waals surface area (Å²) in [5, 5.41) is 6.80. The van der Waals surface area contributed by atoms with Gasteiger partial charge >= 0.3 is 0 Å². The maximum atomic E-state index is 11.7. The Balaban J connectivity index is 1.90. The molecule has 1 atom stereocenters. The van der Waals surface area contributed by atoms with Gasteiger partial charge in [-0.25, -0.2) is 0 Å². The van der Waals surface area contributed by atoms with Gasteiger partial charge in [-0.05, 0) is 57.2 Å². The zero-order valence-corrected chi connectivity index (χ0v) is 21.9. The molecule has 34 heavy (non-hydrogen) atoms. The molecule has 0 radical (unpaired) electrons. The van der Waals surface area contributed by atoms with Gasteiger partial charge in [0.2, 0.25) is 23.8 Å². The van der Waals surface area contributed by atoms with E-state index in [4.69, 9.17) is 10.7 Å².